The van der Waals surface area contributed by atoms with E-state index in [1.54, 1.807) is 0 Å². The highest BCUT2D eigenvalue weighted by molar-refractivity contribution is 6.09. The summed E-state index contributed by atoms with van der Waals surface area (Å²) in [7, 11) is 0. The van der Waals surface area contributed by atoms with Gasteiger partial charge in [0.2, 0.25) is 0 Å². The molecule has 1 spiro atoms. The minimum absolute atomic E-state index is 0.0541. The molecule has 3 aliphatic rings. The molecule has 1 fully saturated rings. The van der Waals surface area contributed by atoms with Gasteiger partial charge in [-0.1, -0.05) is 147 Å². The number of hydrogen-bond acceptors (Lipinski definition) is 1. The van der Waals surface area contributed by atoms with Gasteiger partial charge in [0, 0.05) is 22.4 Å². The van der Waals surface area contributed by atoms with E-state index in [4.69, 9.17) is 0 Å². The Hall–Kier alpha value is -5.92. The van der Waals surface area contributed by atoms with Crippen LogP contribution >= 0.6 is 0 Å². The van der Waals surface area contributed by atoms with Gasteiger partial charge in [0.1, 0.15) is 0 Å². The van der Waals surface area contributed by atoms with Gasteiger partial charge in [-0.2, -0.15) is 0 Å². The lowest BCUT2D eigenvalue weighted by Gasteiger charge is -2.37. The number of anilines is 3. The molecule has 260 valence electrons. The monoisotopic (exact) mass is 693 g/mol. The molecule has 1 nitrogen and oxygen atoms in total. The normalized spacial score (nSPS) is 15.3. The molecule has 0 N–H and O–H groups in total. The largest absolute Gasteiger partial charge is 0.310 e. The van der Waals surface area contributed by atoms with Crippen molar-refractivity contribution in [2.45, 2.75) is 56.8 Å². The number of hydrogen-bond donors (Lipinski definition) is 0. The van der Waals surface area contributed by atoms with Crippen molar-refractivity contribution in [2.75, 3.05) is 4.90 Å². The molecule has 0 bridgehead atoms. The van der Waals surface area contributed by atoms with Crippen molar-refractivity contribution in [3.63, 3.8) is 0 Å². The predicted octanol–water partition coefficient (Wildman–Crippen LogP) is 14.5. The van der Waals surface area contributed by atoms with Crippen LogP contribution < -0.4 is 4.90 Å². The molecule has 8 aromatic carbocycles. The van der Waals surface area contributed by atoms with E-state index in [0.717, 1.165) is 12.8 Å². The lowest BCUT2D eigenvalue weighted by atomic mass is 9.67. The van der Waals surface area contributed by atoms with Crippen molar-refractivity contribution in [1.29, 1.82) is 0 Å². The third-order valence-corrected chi connectivity index (χ3v) is 13.0. The van der Waals surface area contributed by atoms with Crippen LogP contribution in [0, 0.1) is 0 Å². The number of nitrogens with zero attached hydrogens (tertiary/aromatic N) is 1. The molecule has 1 heteroatoms. The highest BCUT2D eigenvalue weighted by atomic mass is 15.1. The molecule has 0 aromatic heterocycles. The Morgan fingerprint density at radius 1 is 0.407 bits per heavy atom. The summed E-state index contributed by atoms with van der Waals surface area (Å²) in [6, 6.07) is 62.2. The van der Waals surface area contributed by atoms with Crippen LogP contribution in [-0.2, 0) is 18.3 Å². The second-order valence-electron chi connectivity index (χ2n) is 15.8. The van der Waals surface area contributed by atoms with E-state index >= 15 is 0 Å². The zero-order chi connectivity index (χ0) is 35.6. The standard InChI is InChI=1S/C53H43N/c1-3-13-36(14-4-1)37-25-28-41(29-26-37)54(42-30-27-40-24-23-39-15-5-6-18-44(39)47(40)33-42)52-35-51-48(34-49(52)45-21-12-17-38-16-11-20-43(38)45)46-19-7-8-22-50(46)53(51)31-9-2-10-32-53/h1,3-8,12-15,17-19,21-30,33-35H,2,9-11,16,20,31-32H2. The lowest BCUT2D eigenvalue weighted by Crippen LogP contribution is -2.28. The molecule has 0 radical (unpaired) electrons. The molecule has 0 heterocycles. The van der Waals surface area contributed by atoms with Gasteiger partial charge in [-0.15, -0.1) is 0 Å². The fourth-order valence-corrected chi connectivity index (χ4v) is 10.4. The molecule has 0 aliphatic heterocycles. The SMILES string of the molecule is c1ccc(-c2ccc(N(c3ccc4ccc5ccccc5c4c3)c3cc4c(cc3-c3cccc5c3CCC5)-c3ccccc3C43CCCCC3)cc2)cc1. The summed E-state index contributed by atoms with van der Waals surface area (Å²) in [5.41, 5.74) is 17.9. The Balaban J connectivity index is 1.21. The van der Waals surface area contributed by atoms with E-state index in [1.807, 2.05) is 0 Å². The second kappa shape index (κ2) is 12.6. The second-order valence-corrected chi connectivity index (χ2v) is 15.8. The minimum Gasteiger partial charge on any atom is -0.310 e. The van der Waals surface area contributed by atoms with Crippen LogP contribution in [0.25, 0.3) is 54.9 Å². The molecule has 54 heavy (non-hydrogen) atoms. The molecule has 8 aromatic rings. The first-order chi connectivity index (χ1) is 26.7. The van der Waals surface area contributed by atoms with Crippen molar-refractivity contribution in [1.82, 2.24) is 0 Å². The average molecular weight is 694 g/mol. The molecule has 11 rings (SSSR count). The zero-order valence-corrected chi connectivity index (χ0v) is 30.7. The summed E-state index contributed by atoms with van der Waals surface area (Å²) in [6.07, 6.45) is 9.83. The number of rotatable bonds is 5. The van der Waals surface area contributed by atoms with Gasteiger partial charge < -0.3 is 4.90 Å². The molecule has 0 amide bonds. The van der Waals surface area contributed by atoms with Gasteiger partial charge in [-0.05, 0) is 140 Å². The summed E-state index contributed by atoms with van der Waals surface area (Å²) in [6.45, 7) is 0. The Bertz CT molecular complexity index is 2710. The van der Waals surface area contributed by atoms with Crippen LogP contribution in [0.15, 0.2) is 164 Å². The minimum atomic E-state index is 0.0541. The predicted molar refractivity (Wildman–Crippen MR) is 228 cm³/mol. The smallest absolute Gasteiger partial charge is 0.0543 e. The molecule has 0 unspecified atom stereocenters. The maximum atomic E-state index is 2.64. The van der Waals surface area contributed by atoms with E-state index in [1.165, 1.54) is 133 Å². The summed E-state index contributed by atoms with van der Waals surface area (Å²) in [4.78, 5) is 2.58. The van der Waals surface area contributed by atoms with Crippen molar-refractivity contribution >= 4 is 38.6 Å². The zero-order valence-electron chi connectivity index (χ0n) is 30.7. The first-order valence-electron chi connectivity index (χ1n) is 20.0. The molecule has 3 aliphatic carbocycles. The fraction of sp³-hybridized carbons (Fsp3) is 0.170. The van der Waals surface area contributed by atoms with Crippen molar-refractivity contribution in [3.05, 3.63) is 186 Å². The number of benzene rings is 8. The van der Waals surface area contributed by atoms with Gasteiger partial charge in [0.25, 0.3) is 0 Å². The van der Waals surface area contributed by atoms with Gasteiger partial charge in [-0.25, -0.2) is 0 Å². The summed E-state index contributed by atoms with van der Waals surface area (Å²) in [5, 5.41) is 5.12. The molecular weight excluding hydrogens is 651 g/mol. The Labute approximate surface area is 318 Å². The Kier molecular flexibility index (Phi) is 7.37. The fourth-order valence-electron chi connectivity index (χ4n) is 10.4. The van der Waals surface area contributed by atoms with Crippen molar-refractivity contribution < 1.29 is 0 Å². The number of aryl methyl sites for hydroxylation is 1. The van der Waals surface area contributed by atoms with Crippen LogP contribution in [0.3, 0.4) is 0 Å². The third kappa shape index (κ3) is 4.91. The highest BCUT2D eigenvalue weighted by Crippen LogP contribution is 2.59. The summed E-state index contributed by atoms with van der Waals surface area (Å²) in [5.74, 6) is 0. The number of fused-ring (bicyclic) bond motifs is 9. The van der Waals surface area contributed by atoms with Crippen molar-refractivity contribution in [2.24, 2.45) is 0 Å². The lowest BCUT2D eigenvalue weighted by molar-refractivity contribution is 0.353. The van der Waals surface area contributed by atoms with Gasteiger partial charge in [0.05, 0.1) is 5.69 Å². The molecule has 0 saturated heterocycles. The van der Waals surface area contributed by atoms with Gasteiger partial charge in [-0.3, -0.25) is 0 Å². The van der Waals surface area contributed by atoms with E-state index in [9.17, 15) is 0 Å². The molecular formula is C53H43N. The van der Waals surface area contributed by atoms with Crippen LogP contribution in [0.5, 0.6) is 0 Å². The van der Waals surface area contributed by atoms with Crippen LogP contribution in [0.4, 0.5) is 17.1 Å². The molecule has 1 saturated carbocycles. The van der Waals surface area contributed by atoms with E-state index in [-0.39, 0.29) is 5.41 Å². The highest BCUT2D eigenvalue weighted by Gasteiger charge is 2.44. The third-order valence-electron chi connectivity index (χ3n) is 13.0. The first-order valence-corrected chi connectivity index (χ1v) is 20.0. The van der Waals surface area contributed by atoms with E-state index in [0.29, 0.717) is 0 Å². The maximum absolute atomic E-state index is 2.64. The average Bonchev–Trinajstić information content (AvgIpc) is 3.83. The Morgan fingerprint density at radius 2 is 1.11 bits per heavy atom. The summed E-state index contributed by atoms with van der Waals surface area (Å²) < 4.78 is 0. The van der Waals surface area contributed by atoms with Gasteiger partial charge in [0.15, 0.2) is 0 Å². The first kappa shape index (κ1) is 31.6. The topological polar surface area (TPSA) is 3.24 Å². The quantitative estimate of drug-likeness (QED) is 0.162. The Morgan fingerprint density at radius 3 is 1.98 bits per heavy atom. The van der Waals surface area contributed by atoms with E-state index < -0.39 is 0 Å². The van der Waals surface area contributed by atoms with Crippen LogP contribution in [0.2, 0.25) is 0 Å². The van der Waals surface area contributed by atoms with Crippen LogP contribution in [0.1, 0.15) is 60.8 Å². The molecule has 0 atom stereocenters. The van der Waals surface area contributed by atoms with Crippen LogP contribution in [-0.4, -0.2) is 0 Å². The maximum Gasteiger partial charge on any atom is 0.0543 e. The van der Waals surface area contributed by atoms with Crippen molar-refractivity contribution in [3.8, 4) is 33.4 Å². The van der Waals surface area contributed by atoms with E-state index in [2.05, 4.69) is 169 Å². The van der Waals surface area contributed by atoms with Gasteiger partial charge >= 0.3 is 0 Å². The summed E-state index contributed by atoms with van der Waals surface area (Å²) >= 11 is 0.